The third-order valence-corrected chi connectivity index (χ3v) is 7.96. The maximum Gasteiger partial charge on any atom is 0.249 e. The summed E-state index contributed by atoms with van der Waals surface area (Å²) in [6, 6.07) is 7.40. The number of fused-ring (bicyclic) bond motifs is 1. The highest BCUT2D eigenvalue weighted by Crippen LogP contribution is 2.59. The van der Waals surface area contributed by atoms with Crippen LogP contribution in [0.4, 0.5) is 8.78 Å². The number of aromatic nitrogens is 1. The standard InChI is InChI=1S/C26H31F2N5O4/c1-37-21-6-2-5-18-17(21)9-19(32-18)24(36)33-14-25(12-26(27,28)13-25)10-20(33)23(35)31-16(11-29)8-15-4-3-7-30-22(15)34/h2,5-6,9,15-16,20,24,32,36H,3-4,7-8,10,12-14H2,1H3,(H,30,34)(H,31,35)/t15-,16-,20?,24?/m0/s1. The first-order valence-corrected chi connectivity index (χ1v) is 12.6. The van der Waals surface area contributed by atoms with Crippen molar-refractivity contribution in [2.24, 2.45) is 11.3 Å². The normalized spacial score (nSPS) is 26.2. The molecule has 3 heterocycles. The summed E-state index contributed by atoms with van der Waals surface area (Å²) in [6.07, 6.45) is -0.195. The quantitative estimate of drug-likeness (QED) is 0.449. The number of rotatable bonds is 7. The summed E-state index contributed by atoms with van der Waals surface area (Å²) in [5.74, 6) is -3.20. The predicted octanol–water partition coefficient (Wildman–Crippen LogP) is 2.58. The predicted molar refractivity (Wildman–Crippen MR) is 129 cm³/mol. The molecule has 2 aliphatic heterocycles. The molecular formula is C26H31F2N5O4. The van der Waals surface area contributed by atoms with Crippen molar-refractivity contribution in [2.75, 3.05) is 20.2 Å². The molecule has 1 aromatic heterocycles. The van der Waals surface area contributed by atoms with Gasteiger partial charge in [-0.15, -0.1) is 0 Å². The van der Waals surface area contributed by atoms with Crippen molar-refractivity contribution < 1.29 is 28.2 Å². The minimum Gasteiger partial charge on any atom is -0.496 e. The molecule has 2 amide bonds. The highest BCUT2D eigenvalue weighted by molar-refractivity contribution is 5.87. The second-order valence-corrected chi connectivity index (χ2v) is 10.7. The number of piperidine rings is 1. The summed E-state index contributed by atoms with van der Waals surface area (Å²) in [4.78, 5) is 30.2. The number of alkyl halides is 2. The summed E-state index contributed by atoms with van der Waals surface area (Å²) < 4.78 is 33.2. The van der Waals surface area contributed by atoms with E-state index in [4.69, 9.17) is 4.74 Å². The van der Waals surface area contributed by atoms with Crippen LogP contribution in [0.2, 0.25) is 0 Å². The first-order chi connectivity index (χ1) is 17.6. The molecular weight excluding hydrogens is 484 g/mol. The van der Waals surface area contributed by atoms with E-state index < -0.39 is 35.6 Å². The van der Waals surface area contributed by atoms with Gasteiger partial charge >= 0.3 is 0 Å². The van der Waals surface area contributed by atoms with E-state index in [0.29, 0.717) is 24.4 Å². The van der Waals surface area contributed by atoms with Gasteiger partial charge in [-0.25, -0.2) is 8.78 Å². The van der Waals surface area contributed by atoms with Crippen LogP contribution in [0.3, 0.4) is 0 Å². The number of aliphatic hydroxyl groups excluding tert-OH is 1. The number of nitriles is 1. The number of nitrogens with one attached hydrogen (secondary N) is 3. The Hall–Kier alpha value is -3.23. The molecule has 0 radical (unpaired) electrons. The van der Waals surface area contributed by atoms with Crippen LogP contribution in [-0.4, -0.2) is 65.0 Å². The number of aromatic amines is 1. The molecule has 2 aromatic rings. The average molecular weight is 516 g/mol. The van der Waals surface area contributed by atoms with E-state index in [-0.39, 0.29) is 44.1 Å². The van der Waals surface area contributed by atoms with Crippen LogP contribution in [0.25, 0.3) is 10.9 Å². The zero-order valence-electron chi connectivity index (χ0n) is 20.6. The van der Waals surface area contributed by atoms with Gasteiger partial charge in [0.05, 0.1) is 24.9 Å². The molecule has 11 heteroatoms. The molecule has 0 bridgehead atoms. The van der Waals surface area contributed by atoms with Gasteiger partial charge in [0.15, 0.2) is 0 Å². The number of carbonyl (C=O) groups excluding carboxylic acids is 2. The van der Waals surface area contributed by atoms with E-state index in [1.54, 1.807) is 25.3 Å². The molecule has 1 aromatic carbocycles. The second kappa shape index (κ2) is 9.58. The van der Waals surface area contributed by atoms with E-state index in [1.165, 1.54) is 4.90 Å². The van der Waals surface area contributed by atoms with Gasteiger partial charge in [-0.3, -0.25) is 14.5 Å². The Labute approximate surface area is 213 Å². The van der Waals surface area contributed by atoms with Gasteiger partial charge in [0.1, 0.15) is 18.0 Å². The number of halogens is 2. The maximum absolute atomic E-state index is 13.9. The third kappa shape index (κ3) is 4.88. The first-order valence-electron chi connectivity index (χ1n) is 12.6. The van der Waals surface area contributed by atoms with Crippen LogP contribution in [-0.2, 0) is 9.59 Å². The topological polar surface area (TPSA) is 130 Å². The molecule has 37 heavy (non-hydrogen) atoms. The van der Waals surface area contributed by atoms with Crippen LogP contribution >= 0.6 is 0 Å². The number of benzene rings is 1. The fourth-order valence-corrected chi connectivity index (χ4v) is 6.29. The fraction of sp³-hybridized carbons (Fsp3) is 0.577. The van der Waals surface area contributed by atoms with E-state index in [0.717, 1.165) is 17.3 Å². The Kier molecular flexibility index (Phi) is 6.58. The molecule has 1 saturated carbocycles. The van der Waals surface area contributed by atoms with Crippen LogP contribution in [0, 0.1) is 22.7 Å². The SMILES string of the molecule is COc1cccc2[nH]c(C(O)N3CC4(CC3C(=O)N[C@H](C#N)C[C@@H]3CCCNC3=O)CC(F)(F)C4)cc12. The lowest BCUT2D eigenvalue weighted by molar-refractivity contribution is -0.159. The van der Waals surface area contributed by atoms with Crippen LogP contribution in [0.5, 0.6) is 5.75 Å². The smallest absolute Gasteiger partial charge is 0.249 e. The lowest BCUT2D eigenvalue weighted by Gasteiger charge is -2.45. The van der Waals surface area contributed by atoms with Crippen LogP contribution in [0.15, 0.2) is 24.3 Å². The molecule has 5 rings (SSSR count). The van der Waals surface area contributed by atoms with Gasteiger partial charge in [0, 0.05) is 42.8 Å². The molecule has 3 aliphatic rings. The summed E-state index contributed by atoms with van der Waals surface area (Å²) in [5, 5.41) is 27.3. The highest BCUT2D eigenvalue weighted by atomic mass is 19.3. The zero-order chi connectivity index (χ0) is 26.4. The number of hydrogen-bond acceptors (Lipinski definition) is 6. The number of nitrogens with zero attached hydrogens (tertiary/aromatic N) is 2. The number of amides is 2. The van der Waals surface area contributed by atoms with Crippen molar-refractivity contribution in [3.8, 4) is 11.8 Å². The van der Waals surface area contributed by atoms with Crippen molar-refractivity contribution in [1.29, 1.82) is 5.26 Å². The fourth-order valence-electron chi connectivity index (χ4n) is 6.29. The summed E-state index contributed by atoms with van der Waals surface area (Å²) >= 11 is 0. The monoisotopic (exact) mass is 515 g/mol. The van der Waals surface area contributed by atoms with Crippen LogP contribution in [0.1, 0.15) is 50.4 Å². The molecule has 2 unspecified atom stereocenters. The number of carbonyl (C=O) groups is 2. The molecule has 9 nitrogen and oxygen atoms in total. The molecule has 1 spiro atoms. The minimum absolute atomic E-state index is 0.122. The average Bonchev–Trinajstić information content (AvgIpc) is 3.46. The Balaban J connectivity index is 1.37. The second-order valence-electron chi connectivity index (χ2n) is 10.7. The molecule has 4 atom stereocenters. The molecule has 3 fully saturated rings. The van der Waals surface area contributed by atoms with Crippen LogP contribution < -0.4 is 15.4 Å². The van der Waals surface area contributed by atoms with E-state index >= 15 is 0 Å². The third-order valence-electron chi connectivity index (χ3n) is 7.96. The van der Waals surface area contributed by atoms with Gasteiger partial charge in [0.25, 0.3) is 0 Å². The largest absolute Gasteiger partial charge is 0.496 e. The van der Waals surface area contributed by atoms with Gasteiger partial charge in [-0.05, 0) is 49.3 Å². The lowest BCUT2D eigenvalue weighted by atomic mass is 9.65. The first kappa shape index (κ1) is 25.4. The maximum atomic E-state index is 13.9. The number of aliphatic hydroxyl groups is 1. The molecule has 1 aliphatic carbocycles. The Morgan fingerprint density at radius 1 is 1.41 bits per heavy atom. The van der Waals surface area contributed by atoms with Gasteiger partial charge in [0.2, 0.25) is 17.7 Å². The molecule has 198 valence electrons. The van der Waals surface area contributed by atoms with Gasteiger partial charge < -0.3 is 25.5 Å². The van der Waals surface area contributed by atoms with E-state index in [9.17, 15) is 28.7 Å². The van der Waals surface area contributed by atoms with E-state index in [1.807, 2.05) is 6.07 Å². The minimum atomic E-state index is -2.79. The lowest BCUT2D eigenvalue weighted by Crippen LogP contribution is -2.49. The number of H-pyrrole nitrogens is 1. The van der Waals surface area contributed by atoms with Crippen molar-refractivity contribution in [2.45, 2.75) is 62.8 Å². The van der Waals surface area contributed by atoms with Gasteiger partial charge in [-0.1, -0.05) is 6.07 Å². The number of ether oxygens (including phenoxy) is 1. The Morgan fingerprint density at radius 3 is 2.86 bits per heavy atom. The number of methoxy groups -OCH3 is 1. The number of hydrogen-bond donors (Lipinski definition) is 4. The summed E-state index contributed by atoms with van der Waals surface area (Å²) in [7, 11) is 1.54. The zero-order valence-corrected chi connectivity index (χ0v) is 20.6. The van der Waals surface area contributed by atoms with Crippen molar-refractivity contribution in [3.63, 3.8) is 0 Å². The number of likely N-dealkylation sites (tertiary alicyclic amines) is 1. The van der Waals surface area contributed by atoms with E-state index in [2.05, 4.69) is 21.7 Å². The molecule has 2 saturated heterocycles. The summed E-state index contributed by atoms with van der Waals surface area (Å²) in [6.45, 7) is 0.719. The van der Waals surface area contributed by atoms with Crippen molar-refractivity contribution in [1.82, 2.24) is 20.5 Å². The Bertz CT molecular complexity index is 1230. The summed E-state index contributed by atoms with van der Waals surface area (Å²) in [5.41, 5.74) is 0.353. The Morgan fingerprint density at radius 2 is 2.19 bits per heavy atom. The van der Waals surface area contributed by atoms with Gasteiger partial charge in [-0.2, -0.15) is 5.26 Å². The van der Waals surface area contributed by atoms with Crippen molar-refractivity contribution in [3.05, 3.63) is 30.0 Å². The highest BCUT2D eigenvalue weighted by Gasteiger charge is 2.62. The molecule has 4 N–H and O–H groups in total. The van der Waals surface area contributed by atoms with Crippen molar-refractivity contribution >= 4 is 22.7 Å².